The SMILES string of the molecule is CC(C)(C)OC(=O)N1CCC(c2cnc(N)c(Br)c2)C(c2cnc(N)c(Br)c2)C1. The van der Waals surface area contributed by atoms with Gasteiger partial charge in [-0.25, -0.2) is 14.8 Å². The van der Waals surface area contributed by atoms with Crippen molar-refractivity contribution in [2.75, 3.05) is 24.6 Å². The van der Waals surface area contributed by atoms with E-state index in [-0.39, 0.29) is 17.9 Å². The minimum atomic E-state index is -0.541. The van der Waals surface area contributed by atoms with Crippen molar-refractivity contribution in [1.82, 2.24) is 14.9 Å². The molecule has 2 atom stereocenters. The number of nitrogens with two attached hydrogens (primary N) is 2. The first-order valence-corrected chi connectivity index (χ1v) is 10.9. The number of hydrogen-bond acceptors (Lipinski definition) is 6. The van der Waals surface area contributed by atoms with Crippen molar-refractivity contribution in [2.24, 2.45) is 0 Å². The molecule has 4 N–H and O–H groups in total. The van der Waals surface area contributed by atoms with Gasteiger partial charge in [-0.2, -0.15) is 0 Å². The Morgan fingerprint density at radius 2 is 1.59 bits per heavy atom. The number of hydrogen-bond donors (Lipinski definition) is 2. The number of pyridine rings is 2. The van der Waals surface area contributed by atoms with Crippen LogP contribution in [0.2, 0.25) is 0 Å². The molecule has 9 heteroatoms. The van der Waals surface area contributed by atoms with Gasteiger partial charge in [0.1, 0.15) is 17.2 Å². The number of ether oxygens (including phenoxy) is 1. The first kappa shape index (κ1) is 21.8. The number of anilines is 2. The van der Waals surface area contributed by atoms with Crippen molar-refractivity contribution >= 4 is 49.6 Å². The van der Waals surface area contributed by atoms with Crippen LogP contribution in [-0.2, 0) is 4.74 Å². The van der Waals surface area contributed by atoms with Gasteiger partial charge >= 0.3 is 6.09 Å². The Kier molecular flexibility index (Phi) is 6.38. The van der Waals surface area contributed by atoms with Crippen molar-refractivity contribution in [2.45, 2.75) is 44.6 Å². The van der Waals surface area contributed by atoms with E-state index in [1.54, 1.807) is 17.3 Å². The van der Waals surface area contributed by atoms with Gasteiger partial charge in [0, 0.05) is 31.4 Å². The molecule has 156 valence electrons. The Labute approximate surface area is 187 Å². The van der Waals surface area contributed by atoms with Crippen molar-refractivity contribution in [3.63, 3.8) is 0 Å². The molecule has 0 bridgehead atoms. The third-order valence-electron chi connectivity index (χ3n) is 4.90. The lowest BCUT2D eigenvalue weighted by Crippen LogP contribution is -2.44. The van der Waals surface area contributed by atoms with Crippen molar-refractivity contribution < 1.29 is 9.53 Å². The van der Waals surface area contributed by atoms with Crippen molar-refractivity contribution in [1.29, 1.82) is 0 Å². The number of carbonyl (C=O) groups excluding carboxylic acids is 1. The average molecular weight is 527 g/mol. The quantitative estimate of drug-likeness (QED) is 0.588. The third kappa shape index (κ3) is 5.19. The zero-order valence-electron chi connectivity index (χ0n) is 16.7. The highest BCUT2D eigenvalue weighted by Crippen LogP contribution is 2.41. The van der Waals surface area contributed by atoms with E-state index >= 15 is 0 Å². The van der Waals surface area contributed by atoms with Crippen LogP contribution in [0.25, 0.3) is 0 Å². The lowest BCUT2D eigenvalue weighted by atomic mass is 9.77. The predicted molar refractivity (Wildman–Crippen MR) is 121 cm³/mol. The summed E-state index contributed by atoms with van der Waals surface area (Å²) in [6, 6.07) is 3.97. The van der Waals surface area contributed by atoms with E-state index in [0.717, 1.165) is 26.5 Å². The summed E-state index contributed by atoms with van der Waals surface area (Å²) in [5.41, 5.74) is 13.3. The van der Waals surface area contributed by atoms with E-state index < -0.39 is 5.60 Å². The fourth-order valence-electron chi connectivity index (χ4n) is 3.51. The van der Waals surface area contributed by atoms with Gasteiger partial charge in [-0.15, -0.1) is 0 Å². The second-order valence-corrected chi connectivity index (χ2v) is 9.91. The van der Waals surface area contributed by atoms with Gasteiger partial charge in [0.15, 0.2) is 0 Å². The number of piperidine rings is 1. The number of halogens is 2. The molecule has 1 aliphatic heterocycles. The third-order valence-corrected chi connectivity index (χ3v) is 6.17. The molecule has 2 aromatic heterocycles. The molecular formula is C20H25Br2N5O2. The first-order valence-electron chi connectivity index (χ1n) is 9.35. The number of amides is 1. The maximum Gasteiger partial charge on any atom is 0.410 e. The number of aromatic nitrogens is 2. The van der Waals surface area contributed by atoms with Gasteiger partial charge in [-0.3, -0.25) is 0 Å². The molecule has 7 nitrogen and oxygen atoms in total. The molecule has 1 aliphatic rings. The lowest BCUT2D eigenvalue weighted by molar-refractivity contribution is 0.0183. The van der Waals surface area contributed by atoms with E-state index in [0.29, 0.717) is 24.7 Å². The molecule has 3 heterocycles. The highest BCUT2D eigenvalue weighted by molar-refractivity contribution is 9.11. The molecule has 1 fully saturated rings. The van der Waals surface area contributed by atoms with Crippen molar-refractivity contribution in [3.8, 4) is 0 Å². The summed E-state index contributed by atoms with van der Waals surface area (Å²) in [6.45, 7) is 6.72. The molecule has 1 saturated heterocycles. The molecule has 29 heavy (non-hydrogen) atoms. The Morgan fingerprint density at radius 3 is 2.07 bits per heavy atom. The van der Waals surface area contributed by atoms with Gasteiger partial charge in [0.05, 0.1) is 8.95 Å². The summed E-state index contributed by atoms with van der Waals surface area (Å²) in [4.78, 5) is 23.0. The summed E-state index contributed by atoms with van der Waals surface area (Å²) < 4.78 is 7.09. The standard InChI is InChI=1S/C20H25Br2N5O2/c1-20(2,3)29-19(28)27-5-4-13(11-6-15(21)17(23)25-8-11)14(10-27)12-7-16(22)18(24)26-9-12/h6-9,13-14H,4-5,10H2,1-3H3,(H2,23,25)(H2,24,26). The summed E-state index contributed by atoms with van der Waals surface area (Å²) in [5.74, 6) is 1.05. The van der Waals surface area contributed by atoms with E-state index in [1.807, 2.05) is 32.9 Å². The second-order valence-electron chi connectivity index (χ2n) is 8.20. The van der Waals surface area contributed by atoms with Gasteiger partial charge < -0.3 is 21.1 Å². The molecule has 0 spiro atoms. The van der Waals surface area contributed by atoms with Gasteiger partial charge in [0.25, 0.3) is 0 Å². The van der Waals surface area contributed by atoms with E-state index in [1.165, 1.54) is 0 Å². The van der Waals surface area contributed by atoms with Crippen LogP contribution in [0.4, 0.5) is 16.4 Å². The first-order chi connectivity index (χ1) is 13.5. The normalized spacial score (nSPS) is 19.8. The number of carbonyl (C=O) groups is 1. The van der Waals surface area contributed by atoms with Gasteiger partial charge in [0.2, 0.25) is 0 Å². The Balaban J connectivity index is 1.94. The van der Waals surface area contributed by atoms with Crippen LogP contribution in [0.15, 0.2) is 33.5 Å². The number of nitrogen functional groups attached to an aromatic ring is 2. The van der Waals surface area contributed by atoms with Crippen LogP contribution in [0, 0.1) is 0 Å². The molecule has 0 aromatic carbocycles. The van der Waals surface area contributed by atoms with E-state index in [4.69, 9.17) is 16.2 Å². The fourth-order valence-corrected chi connectivity index (χ4v) is 4.25. The van der Waals surface area contributed by atoms with Crippen LogP contribution in [0.1, 0.15) is 50.2 Å². The Hall–Kier alpha value is -1.87. The molecular weight excluding hydrogens is 502 g/mol. The number of nitrogens with zero attached hydrogens (tertiary/aromatic N) is 3. The minimum absolute atomic E-state index is 0.0120. The highest BCUT2D eigenvalue weighted by atomic mass is 79.9. The average Bonchev–Trinajstić information content (AvgIpc) is 2.64. The second kappa shape index (κ2) is 8.47. The largest absolute Gasteiger partial charge is 0.444 e. The zero-order chi connectivity index (χ0) is 21.3. The summed E-state index contributed by atoms with van der Waals surface area (Å²) in [5, 5.41) is 0. The Morgan fingerprint density at radius 1 is 1.07 bits per heavy atom. The molecule has 2 aromatic rings. The minimum Gasteiger partial charge on any atom is -0.444 e. The molecule has 1 amide bonds. The smallest absolute Gasteiger partial charge is 0.410 e. The Bertz CT molecular complexity index is 916. The maximum absolute atomic E-state index is 12.7. The van der Waals surface area contributed by atoms with Crippen LogP contribution < -0.4 is 11.5 Å². The van der Waals surface area contributed by atoms with Crippen molar-refractivity contribution in [3.05, 3.63) is 44.6 Å². The van der Waals surface area contributed by atoms with Crippen LogP contribution in [0.5, 0.6) is 0 Å². The van der Waals surface area contributed by atoms with Crippen LogP contribution in [-0.4, -0.2) is 39.7 Å². The summed E-state index contributed by atoms with van der Waals surface area (Å²) in [7, 11) is 0. The molecule has 3 rings (SSSR count). The lowest BCUT2D eigenvalue weighted by Gasteiger charge is -2.39. The highest BCUT2D eigenvalue weighted by Gasteiger charge is 2.36. The molecule has 0 aliphatic carbocycles. The number of rotatable bonds is 2. The summed E-state index contributed by atoms with van der Waals surface area (Å²) >= 11 is 6.93. The zero-order valence-corrected chi connectivity index (χ0v) is 19.8. The number of likely N-dealkylation sites (tertiary alicyclic amines) is 1. The van der Waals surface area contributed by atoms with E-state index in [9.17, 15) is 4.79 Å². The maximum atomic E-state index is 12.7. The predicted octanol–water partition coefficient (Wildman–Crippen LogP) is 4.67. The van der Waals surface area contributed by atoms with Crippen LogP contribution in [0.3, 0.4) is 0 Å². The van der Waals surface area contributed by atoms with Gasteiger partial charge in [-0.1, -0.05) is 0 Å². The fraction of sp³-hybridized carbons (Fsp3) is 0.450. The monoisotopic (exact) mass is 525 g/mol. The van der Waals surface area contributed by atoms with Crippen LogP contribution >= 0.6 is 31.9 Å². The molecule has 2 unspecified atom stereocenters. The van der Waals surface area contributed by atoms with Gasteiger partial charge in [-0.05, 0) is 88.2 Å². The molecule has 0 radical (unpaired) electrons. The topological polar surface area (TPSA) is 107 Å². The summed E-state index contributed by atoms with van der Waals surface area (Å²) in [6.07, 6.45) is 4.04. The van der Waals surface area contributed by atoms with E-state index in [2.05, 4.69) is 41.8 Å². The molecule has 0 saturated carbocycles.